The van der Waals surface area contributed by atoms with E-state index in [0.29, 0.717) is 16.1 Å². The lowest BCUT2D eigenvalue weighted by Gasteiger charge is -2.09. The van der Waals surface area contributed by atoms with Gasteiger partial charge in [0, 0.05) is 12.3 Å². The number of nitrogens with zero attached hydrogens (tertiary/aromatic N) is 1. The number of carbonyl (C=O) groups excluding carboxylic acids is 3. The van der Waals surface area contributed by atoms with E-state index in [4.69, 9.17) is 9.15 Å². The Morgan fingerprint density at radius 1 is 1.23 bits per heavy atom. The van der Waals surface area contributed by atoms with E-state index in [2.05, 4.69) is 15.6 Å². The number of hydrogen-bond donors (Lipinski definition) is 2. The molecule has 134 valence electrons. The molecule has 3 amide bonds. The Balaban J connectivity index is 1.72. The van der Waals surface area contributed by atoms with E-state index in [1.807, 2.05) is 0 Å². The molecule has 0 aliphatic rings. The maximum atomic E-state index is 12.4. The van der Waals surface area contributed by atoms with Crippen molar-refractivity contribution in [1.82, 2.24) is 10.3 Å². The second-order valence-electron chi connectivity index (χ2n) is 5.55. The van der Waals surface area contributed by atoms with Crippen LogP contribution in [0.3, 0.4) is 0 Å². The summed E-state index contributed by atoms with van der Waals surface area (Å²) in [5, 5.41) is 6.70. The van der Waals surface area contributed by atoms with E-state index < -0.39 is 17.9 Å². The number of imide groups is 1. The molecule has 0 radical (unpaired) electrons. The average molecular weight is 373 g/mol. The van der Waals surface area contributed by atoms with Crippen molar-refractivity contribution in [1.29, 1.82) is 0 Å². The van der Waals surface area contributed by atoms with Crippen LogP contribution in [0.5, 0.6) is 0 Å². The third-order valence-electron chi connectivity index (χ3n) is 3.26. The fraction of sp³-hybridized carbons (Fsp3) is 0.176. The lowest BCUT2D eigenvalue weighted by atomic mass is 10.2. The van der Waals surface area contributed by atoms with Gasteiger partial charge in [-0.2, -0.15) is 0 Å². The predicted octanol–water partition coefficient (Wildman–Crippen LogP) is 3.42. The number of anilines is 1. The Morgan fingerprint density at radius 2 is 2.04 bits per heavy atom. The second kappa shape index (κ2) is 7.36. The molecule has 3 aromatic rings. The molecule has 2 N–H and O–H groups in total. The molecule has 0 saturated carbocycles. The zero-order valence-electron chi connectivity index (χ0n) is 13.9. The van der Waals surface area contributed by atoms with E-state index in [-0.39, 0.29) is 17.2 Å². The standard InChI is InChI=1S/C17H15N3O5S/c1-9(2)25-17(23)20-15(22)11-4-6-26-16(11)19-14(21)10-7-13-12(18-8-10)3-5-24-13/h3-9H,1-2H3,(H,19,21)(H,20,22,23). The van der Waals surface area contributed by atoms with Gasteiger partial charge in [-0.25, -0.2) is 4.79 Å². The zero-order valence-corrected chi connectivity index (χ0v) is 14.8. The van der Waals surface area contributed by atoms with Gasteiger partial charge in [0.05, 0.1) is 23.5 Å². The normalized spacial score (nSPS) is 10.7. The number of pyridine rings is 1. The van der Waals surface area contributed by atoms with Crippen LogP contribution in [0.2, 0.25) is 0 Å². The third-order valence-corrected chi connectivity index (χ3v) is 4.09. The fourth-order valence-corrected chi connectivity index (χ4v) is 2.91. The maximum absolute atomic E-state index is 12.4. The molecule has 8 nitrogen and oxygen atoms in total. The predicted molar refractivity (Wildman–Crippen MR) is 95.4 cm³/mol. The van der Waals surface area contributed by atoms with Crippen LogP contribution in [0.1, 0.15) is 34.6 Å². The van der Waals surface area contributed by atoms with Crippen molar-refractivity contribution in [3.8, 4) is 0 Å². The highest BCUT2D eigenvalue weighted by molar-refractivity contribution is 7.14. The number of furan rings is 1. The third kappa shape index (κ3) is 3.89. The van der Waals surface area contributed by atoms with Crippen LogP contribution in [0.15, 0.2) is 40.5 Å². The highest BCUT2D eigenvalue weighted by Gasteiger charge is 2.19. The number of thiophene rings is 1. The quantitative estimate of drug-likeness (QED) is 0.725. The first-order chi connectivity index (χ1) is 12.4. The smallest absolute Gasteiger partial charge is 0.414 e. The first kappa shape index (κ1) is 17.6. The first-order valence-corrected chi connectivity index (χ1v) is 8.56. The summed E-state index contributed by atoms with van der Waals surface area (Å²) in [6.07, 6.45) is 1.70. The number of aromatic nitrogens is 1. The Kier molecular flexibility index (Phi) is 4.99. The van der Waals surface area contributed by atoms with Gasteiger partial charge in [0.1, 0.15) is 10.5 Å². The van der Waals surface area contributed by atoms with Crippen molar-refractivity contribution in [2.75, 3.05) is 5.32 Å². The van der Waals surface area contributed by atoms with Crippen molar-refractivity contribution in [3.05, 3.63) is 47.2 Å². The lowest BCUT2D eigenvalue weighted by Crippen LogP contribution is -2.32. The van der Waals surface area contributed by atoms with Crippen molar-refractivity contribution in [2.45, 2.75) is 20.0 Å². The number of rotatable bonds is 4. The van der Waals surface area contributed by atoms with Crippen LogP contribution in [-0.4, -0.2) is 29.0 Å². The molecule has 3 aromatic heterocycles. The zero-order chi connectivity index (χ0) is 18.7. The molecule has 9 heteroatoms. The minimum absolute atomic E-state index is 0.163. The summed E-state index contributed by atoms with van der Waals surface area (Å²) >= 11 is 1.16. The number of nitrogens with one attached hydrogen (secondary N) is 2. The van der Waals surface area contributed by atoms with Gasteiger partial charge in [0.25, 0.3) is 11.8 Å². The highest BCUT2D eigenvalue weighted by atomic mass is 32.1. The molecule has 0 unspecified atom stereocenters. The molecule has 0 saturated heterocycles. The number of ether oxygens (including phenoxy) is 1. The van der Waals surface area contributed by atoms with Gasteiger partial charge in [-0.1, -0.05) is 0 Å². The minimum Gasteiger partial charge on any atom is -0.463 e. The summed E-state index contributed by atoms with van der Waals surface area (Å²) in [7, 11) is 0. The van der Waals surface area contributed by atoms with Crippen LogP contribution in [0.4, 0.5) is 9.80 Å². The minimum atomic E-state index is -0.846. The molecule has 0 spiro atoms. The number of fused-ring (bicyclic) bond motifs is 1. The second-order valence-corrected chi connectivity index (χ2v) is 6.47. The molecule has 26 heavy (non-hydrogen) atoms. The Labute approximate surface area is 152 Å². The number of carbonyl (C=O) groups is 3. The molecular formula is C17H15N3O5S. The summed E-state index contributed by atoms with van der Waals surface area (Å²) in [5.41, 5.74) is 1.57. The van der Waals surface area contributed by atoms with E-state index >= 15 is 0 Å². The molecule has 0 atom stereocenters. The number of amides is 3. The molecule has 0 aliphatic heterocycles. The van der Waals surface area contributed by atoms with Gasteiger partial charge in [0.2, 0.25) is 0 Å². The van der Waals surface area contributed by atoms with E-state index in [0.717, 1.165) is 11.3 Å². The largest absolute Gasteiger partial charge is 0.463 e. The molecule has 3 rings (SSSR count). The van der Waals surface area contributed by atoms with E-state index in [1.165, 1.54) is 18.5 Å². The maximum Gasteiger partial charge on any atom is 0.414 e. The summed E-state index contributed by atoms with van der Waals surface area (Å²) in [6.45, 7) is 3.34. The van der Waals surface area contributed by atoms with Gasteiger partial charge >= 0.3 is 6.09 Å². The van der Waals surface area contributed by atoms with Gasteiger partial charge in [-0.3, -0.25) is 19.9 Å². The Bertz CT molecular complexity index is 976. The number of alkyl carbamates (subject to hydrolysis) is 1. The Hall–Kier alpha value is -3.20. The van der Waals surface area contributed by atoms with Gasteiger partial charge in [0.15, 0.2) is 5.58 Å². The van der Waals surface area contributed by atoms with Crippen LogP contribution in [-0.2, 0) is 4.74 Å². The van der Waals surface area contributed by atoms with Crippen molar-refractivity contribution in [3.63, 3.8) is 0 Å². The van der Waals surface area contributed by atoms with E-state index in [1.54, 1.807) is 31.4 Å². The van der Waals surface area contributed by atoms with E-state index in [9.17, 15) is 14.4 Å². The topological polar surface area (TPSA) is 111 Å². The van der Waals surface area contributed by atoms with Crippen molar-refractivity contribution >= 4 is 45.3 Å². The molecule has 0 aromatic carbocycles. The number of hydrogen-bond acceptors (Lipinski definition) is 7. The molecular weight excluding hydrogens is 358 g/mol. The molecule has 0 bridgehead atoms. The summed E-state index contributed by atoms with van der Waals surface area (Å²) < 4.78 is 10.1. The monoisotopic (exact) mass is 373 g/mol. The molecule has 3 heterocycles. The summed E-state index contributed by atoms with van der Waals surface area (Å²) in [6, 6.07) is 4.76. The van der Waals surface area contributed by atoms with Crippen LogP contribution in [0.25, 0.3) is 11.1 Å². The molecule has 0 aliphatic carbocycles. The van der Waals surface area contributed by atoms with Gasteiger partial charge in [-0.05, 0) is 31.4 Å². The van der Waals surface area contributed by atoms with Crippen LogP contribution < -0.4 is 10.6 Å². The van der Waals surface area contributed by atoms with Crippen molar-refractivity contribution < 1.29 is 23.5 Å². The SMILES string of the molecule is CC(C)OC(=O)NC(=O)c1ccsc1NC(=O)c1cnc2ccoc2c1. The molecule has 0 fully saturated rings. The summed E-state index contributed by atoms with van der Waals surface area (Å²) in [4.78, 5) is 40.3. The van der Waals surface area contributed by atoms with Gasteiger partial charge in [-0.15, -0.1) is 11.3 Å². The van der Waals surface area contributed by atoms with Crippen molar-refractivity contribution in [2.24, 2.45) is 0 Å². The van der Waals surface area contributed by atoms with Crippen LogP contribution >= 0.6 is 11.3 Å². The first-order valence-electron chi connectivity index (χ1n) is 7.68. The Morgan fingerprint density at radius 3 is 2.81 bits per heavy atom. The lowest BCUT2D eigenvalue weighted by molar-refractivity contribution is 0.0877. The van der Waals surface area contributed by atoms with Crippen LogP contribution in [0, 0.1) is 0 Å². The average Bonchev–Trinajstić information content (AvgIpc) is 3.21. The highest BCUT2D eigenvalue weighted by Crippen LogP contribution is 2.24. The fourth-order valence-electron chi connectivity index (χ4n) is 2.13. The van der Waals surface area contributed by atoms with Gasteiger partial charge < -0.3 is 14.5 Å². The summed E-state index contributed by atoms with van der Waals surface area (Å²) in [5.74, 6) is -1.11.